The van der Waals surface area contributed by atoms with Crippen LogP contribution in [0.4, 0.5) is 0 Å². The average molecular weight is 339 g/mol. The molecule has 114 valence electrons. The molecule has 1 heterocycles. The number of hydrogen-bond donors (Lipinski definition) is 0. The lowest BCUT2D eigenvalue weighted by Crippen LogP contribution is -2.00. The summed E-state index contributed by atoms with van der Waals surface area (Å²) in [5.74, 6) is 6.38. The van der Waals surface area contributed by atoms with Crippen molar-refractivity contribution in [3.05, 3.63) is 71.4 Å². The summed E-state index contributed by atoms with van der Waals surface area (Å²) in [5.41, 5.74) is 2.96. The van der Waals surface area contributed by atoms with Crippen LogP contribution < -0.4 is 0 Å². The van der Waals surface area contributed by atoms with Crippen LogP contribution in [0, 0.1) is 11.8 Å². The molecule has 0 bridgehead atoms. The molecule has 0 aliphatic rings. The van der Waals surface area contributed by atoms with Crippen LogP contribution in [0.3, 0.4) is 0 Å². The van der Waals surface area contributed by atoms with Gasteiger partial charge in [0.05, 0.1) is 5.69 Å². The minimum atomic E-state index is 0.525. The van der Waals surface area contributed by atoms with Crippen molar-refractivity contribution in [2.24, 2.45) is 0 Å². The van der Waals surface area contributed by atoms with Crippen molar-refractivity contribution in [2.45, 2.75) is 11.4 Å². The van der Waals surface area contributed by atoms with Crippen molar-refractivity contribution in [1.82, 2.24) is 9.78 Å². The van der Waals surface area contributed by atoms with Crippen molar-refractivity contribution in [3.63, 3.8) is 0 Å². The first kappa shape index (κ1) is 15.7. The number of thioether (sulfide) groups is 1. The Morgan fingerprint density at radius 2 is 2.00 bits per heavy atom. The van der Waals surface area contributed by atoms with Gasteiger partial charge in [0.2, 0.25) is 0 Å². The highest BCUT2D eigenvalue weighted by atomic mass is 35.5. The maximum atomic E-state index is 6.27. The molecule has 3 rings (SSSR count). The number of benzene rings is 2. The molecular formula is C19H15ClN2S. The molecule has 0 atom stereocenters. The molecule has 0 saturated carbocycles. The Morgan fingerprint density at radius 3 is 2.83 bits per heavy atom. The first-order valence-corrected chi connectivity index (χ1v) is 8.78. The summed E-state index contributed by atoms with van der Waals surface area (Å²) >= 11 is 7.99. The predicted octanol–water partition coefficient (Wildman–Crippen LogP) is 4.98. The standard InChI is InChI=1S/C19H15ClN2S/c1-23-16-8-4-6-15(14-16)7-5-13-22-19(11-12-21-22)17-9-2-3-10-18(17)20/h2-4,6,8-12,14H,13H2,1H3. The van der Waals surface area contributed by atoms with Crippen LogP contribution in [-0.4, -0.2) is 16.0 Å². The van der Waals surface area contributed by atoms with Gasteiger partial charge in [-0.3, -0.25) is 4.68 Å². The van der Waals surface area contributed by atoms with Gasteiger partial charge in [-0.1, -0.05) is 47.7 Å². The molecule has 23 heavy (non-hydrogen) atoms. The quantitative estimate of drug-likeness (QED) is 0.495. The molecule has 0 N–H and O–H groups in total. The fourth-order valence-corrected chi connectivity index (χ4v) is 2.97. The summed E-state index contributed by atoms with van der Waals surface area (Å²) in [6.07, 6.45) is 3.83. The van der Waals surface area contributed by atoms with Crippen LogP contribution >= 0.6 is 23.4 Å². The molecule has 0 amide bonds. The van der Waals surface area contributed by atoms with Crippen LogP contribution in [0.25, 0.3) is 11.3 Å². The van der Waals surface area contributed by atoms with Crippen LogP contribution in [0.5, 0.6) is 0 Å². The normalized spacial score (nSPS) is 10.2. The van der Waals surface area contributed by atoms with E-state index in [4.69, 9.17) is 11.6 Å². The Kier molecular flexibility index (Phi) is 5.07. The van der Waals surface area contributed by atoms with E-state index in [-0.39, 0.29) is 0 Å². The lowest BCUT2D eigenvalue weighted by atomic mass is 10.1. The predicted molar refractivity (Wildman–Crippen MR) is 97.8 cm³/mol. The van der Waals surface area contributed by atoms with E-state index in [0.29, 0.717) is 6.54 Å². The van der Waals surface area contributed by atoms with E-state index < -0.39 is 0 Å². The minimum Gasteiger partial charge on any atom is -0.253 e. The second kappa shape index (κ2) is 7.41. The third kappa shape index (κ3) is 3.79. The van der Waals surface area contributed by atoms with Gasteiger partial charge < -0.3 is 0 Å². The lowest BCUT2D eigenvalue weighted by Gasteiger charge is -2.05. The highest BCUT2D eigenvalue weighted by molar-refractivity contribution is 7.98. The molecule has 0 spiro atoms. The van der Waals surface area contributed by atoms with Gasteiger partial charge in [-0.15, -0.1) is 11.8 Å². The number of aromatic nitrogens is 2. The van der Waals surface area contributed by atoms with E-state index >= 15 is 0 Å². The van der Waals surface area contributed by atoms with Gasteiger partial charge in [0, 0.05) is 27.2 Å². The van der Waals surface area contributed by atoms with Crippen molar-refractivity contribution < 1.29 is 0 Å². The monoisotopic (exact) mass is 338 g/mol. The molecule has 0 fully saturated rings. The smallest absolute Gasteiger partial charge is 0.103 e. The molecule has 0 unspecified atom stereocenters. The largest absolute Gasteiger partial charge is 0.253 e. The highest BCUT2D eigenvalue weighted by Gasteiger charge is 2.07. The van der Waals surface area contributed by atoms with Gasteiger partial charge >= 0.3 is 0 Å². The summed E-state index contributed by atoms with van der Waals surface area (Å²) in [6.45, 7) is 0.525. The second-order valence-corrected chi connectivity index (χ2v) is 6.17. The third-order valence-electron chi connectivity index (χ3n) is 3.40. The Morgan fingerprint density at radius 1 is 1.13 bits per heavy atom. The fourth-order valence-electron chi connectivity index (χ4n) is 2.27. The van der Waals surface area contributed by atoms with E-state index in [0.717, 1.165) is 21.8 Å². The Labute approximate surface area is 145 Å². The first-order chi connectivity index (χ1) is 11.3. The number of hydrogen-bond acceptors (Lipinski definition) is 2. The summed E-state index contributed by atoms with van der Waals surface area (Å²) < 4.78 is 1.87. The van der Waals surface area contributed by atoms with Crippen LogP contribution in [-0.2, 0) is 6.54 Å². The highest BCUT2D eigenvalue weighted by Crippen LogP contribution is 2.26. The zero-order valence-corrected chi connectivity index (χ0v) is 14.2. The molecule has 0 radical (unpaired) electrons. The molecule has 0 aliphatic carbocycles. The van der Waals surface area contributed by atoms with E-state index in [2.05, 4.69) is 35.3 Å². The molecule has 0 aliphatic heterocycles. The SMILES string of the molecule is CSc1cccc(C#CCn2nccc2-c2ccccc2Cl)c1. The Hall–Kier alpha value is -2.15. The van der Waals surface area contributed by atoms with E-state index in [1.54, 1.807) is 18.0 Å². The Balaban J connectivity index is 1.82. The summed E-state index contributed by atoms with van der Waals surface area (Å²) in [5, 5.41) is 5.07. The zero-order chi connectivity index (χ0) is 16.1. The van der Waals surface area contributed by atoms with Crippen molar-refractivity contribution in [3.8, 4) is 23.1 Å². The minimum absolute atomic E-state index is 0.525. The average Bonchev–Trinajstić information content (AvgIpc) is 3.04. The van der Waals surface area contributed by atoms with E-state index in [1.807, 2.05) is 47.1 Å². The van der Waals surface area contributed by atoms with Gasteiger partial charge in [-0.05, 0) is 36.6 Å². The molecule has 2 nitrogen and oxygen atoms in total. The fraction of sp³-hybridized carbons (Fsp3) is 0.105. The van der Waals surface area contributed by atoms with Crippen molar-refractivity contribution in [2.75, 3.05) is 6.26 Å². The van der Waals surface area contributed by atoms with Gasteiger partial charge in [0.25, 0.3) is 0 Å². The van der Waals surface area contributed by atoms with Gasteiger partial charge in [-0.25, -0.2) is 0 Å². The summed E-state index contributed by atoms with van der Waals surface area (Å²) in [4.78, 5) is 1.22. The van der Waals surface area contributed by atoms with Crippen molar-refractivity contribution in [1.29, 1.82) is 0 Å². The molecule has 2 aromatic carbocycles. The number of rotatable bonds is 3. The van der Waals surface area contributed by atoms with Crippen LogP contribution in [0.15, 0.2) is 65.7 Å². The second-order valence-electron chi connectivity index (χ2n) is 4.89. The number of halogens is 1. The van der Waals surface area contributed by atoms with E-state index in [9.17, 15) is 0 Å². The number of nitrogens with zero attached hydrogens (tertiary/aromatic N) is 2. The Bertz CT molecular complexity index is 874. The van der Waals surface area contributed by atoms with Gasteiger partial charge in [0.1, 0.15) is 6.54 Å². The summed E-state index contributed by atoms with van der Waals surface area (Å²) in [7, 11) is 0. The van der Waals surface area contributed by atoms with Gasteiger partial charge in [0.15, 0.2) is 0 Å². The molecule has 0 saturated heterocycles. The molecule has 3 aromatic rings. The lowest BCUT2D eigenvalue weighted by molar-refractivity contribution is 0.723. The van der Waals surface area contributed by atoms with Crippen molar-refractivity contribution >= 4 is 23.4 Å². The van der Waals surface area contributed by atoms with Crippen LogP contribution in [0.2, 0.25) is 5.02 Å². The maximum absolute atomic E-state index is 6.27. The van der Waals surface area contributed by atoms with E-state index in [1.165, 1.54) is 4.90 Å². The zero-order valence-electron chi connectivity index (χ0n) is 12.7. The van der Waals surface area contributed by atoms with Crippen LogP contribution in [0.1, 0.15) is 5.56 Å². The maximum Gasteiger partial charge on any atom is 0.103 e. The topological polar surface area (TPSA) is 17.8 Å². The molecular weight excluding hydrogens is 324 g/mol. The van der Waals surface area contributed by atoms with Gasteiger partial charge in [-0.2, -0.15) is 5.10 Å². The third-order valence-corrected chi connectivity index (χ3v) is 4.45. The summed E-state index contributed by atoms with van der Waals surface area (Å²) in [6, 6.07) is 17.9. The molecule has 1 aromatic heterocycles. The molecule has 4 heteroatoms. The first-order valence-electron chi connectivity index (χ1n) is 7.17.